The van der Waals surface area contributed by atoms with Crippen molar-refractivity contribution in [1.29, 1.82) is 0 Å². The van der Waals surface area contributed by atoms with Crippen LogP contribution in [0.2, 0.25) is 0 Å². The first kappa shape index (κ1) is 22.9. The van der Waals surface area contributed by atoms with Gasteiger partial charge in [-0.05, 0) is 40.5 Å². The number of fused-ring (bicyclic) bond motifs is 3. The van der Waals surface area contributed by atoms with E-state index in [0.717, 1.165) is 39.3 Å². The van der Waals surface area contributed by atoms with Crippen molar-refractivity contribution < 1.29 is 28.6 Å². The van der Waals surface area contributed by atoms with E-state index in [1.54, 1.807) is 0 Å². The summed E-state index contributed by atoms with van der Waals surface area (Å²) in [5.41, 5.74) is 4.23. The van der Waals surface area contributed by atoms with E-state index in [1.165, 1.54) is 17.8 Å². The van der Waals surface area contributed by atoms with Crippen molar-refractivity contribution in [2.75, 3.05) is 23.6 Å². The number of hydrogen-bond donors (Lipinski definition) is 2. The van der Waals surface area contributed by atoms with Crippen molar-refractivity contribution in [3.63, 3.8) is 0 Å². The molecule has 2 aliphatic rings. The number of anilines is 1. The van der Waals surface area contributed by atoms with E-state index in [1.807, 2.05) is 48.5 Å². The third-order valence-electron chi connectivity index (χ3n) is 6.22. The Balaban J connectivity index is 1.33. The zero-order valence-electron chi connectivity index (χ0n) is 18.4. The van der Waals surface area contributed by atoms with Gasteiger partial charge in [0.25, 0.3) is 5.91 Å². The minimum Gasteiger partial charge on any atom is -0.480 e. The summed E-state index contributed by atoms with van der Waals surface area (Å²) in [6, 6.07) is 18.2. The van der Waals surface area contributed by atoms with Gasteiger partial charge in [0.05, 0.1) is 17.1 Å². The Bertz CT molecular complexity index is 1290. The van der Waals surface area contributed by atoms with Crippen LogP contribution in [-0.2, 0) is 9.53 Å². The summed E-state index contributed by atoms with van der Waals surface area (Å²) in [6.07, 6.45) is -0.793. The molecule has 1 atom stereocenters. The minimum atomic E-state index is -1.13. The molecule has 1 heterocycles. The van der Waals surface area contributed by atoms with Crippen LogP contribution < -0.4 is 5.32 Å². The standard InChI is InChI=1S/C26H21FN2O5S/c27-15-9-10-22(20(11-15)24(30)29-14-35-13-23(29)25(31)32)28-26(33)34-12-21-18-7-3-1-5-16(18)17-6-2-4-8-19(17)21/h1-11,21,23H,12-14H2,(H,28,33)(H,31,32). The number of halogens is 1. The minimum absolute atomic E-state index is 0.0506. The summed E-state index contributed by atoms with van der Waals surface area (Å²) < 4.78 is 19.5. The van der Waals surface area contributed by atoms with Crippen LogP contribution in [0.4, 0.5) is 14.9 Å². The molecule has 0 radical (unpaired) electrons. The topological polar surface area (TPSA) is 95.9 Å². The average Bonchev–Trinajstić information content (AvgIpc) is 3.47. The molecule has 7 nitrogen and oxygen atoms in total. The Morgan fingerprint density at radius 2 is 1.69 bits per heavy atom. The fourth-order valence-corrected chi connectivity index (χ4v) is 5.69. The molecule has 1 fully saturated rings. The van der Waals surface area contributed by atoms with Crippen molar-refractivity contribution in [3.8, 4) is 11.1 Å². The second-order valence-electron chi connectivity index (χ2n) is 8.27. The number of ether oxygens (including phenoxy) is 1. The third kappa shape index (κ3) is 4.35. The second-order valence-corrected chi connectivity index (χ2v) is 9.27. The van der Waals surface area contributed by atoms with Gasteiger partial charge in [-0.25, -0.2) is 14.0 Å². The largest absolute Gasteiger partial charge is 0.480 e. The number of thioether (sulfide) groups is 1. The number of carboxylic acids is 1. The number of carbonyl (C=O) groups is 3. The van der Waals surface area contributed by atoms with Crippen LogP contribution in [0, 0.1) is 5.82 Å². The fraction of sp³-hybridized carbons (Fsp3) is 0.192. The van der Waals surface area contributed by atoms with E-state index in [2.05, 4.69) is 5.32 Å². The Morgan fingerprint density at radius 3 is 2.34 bits per heavy atom. The first-order chi connectivity index (χ1) is 16.9. The molecule has 35 heavy (non-hydrogen) atoms. The molecule has 5 rings (SSSR count). The monoisotopic (exact) mass is 492 g/mol. The average molecular weight is 493 g/mol. The smallest absolute Gasteiger partial charge is 0.411 e. The Labute approximate surface area is 204 Å². The molecule has 0 saturated carbocycles. The van der Waals surface area contributed by atoms with E-state index in [9.17, 15) is 23.9 Å². The maximum atomic E-state index is 14.0. The lowest BCUT2D eigenvalue weighted by Gasteiger charge is -2.22. The number of nitrogens with zero attached hydrogens (tertiary/aromatic N) is 1. The van der Waals surface area contributed by atoms with E-state index in [0.29, 0.717) is 0 Å². The van der Waals surface area contributed by atoms with Crippen molar-refractivity contribution >= 4 is 35.4 Å². The molecule has 2 N–H and O–H groups in total. The van der Waals surface area contributed by atoms with Gasteiger partial charge in [-0.3, -0.25) is 10.1 Å². The lowest BCUT2D eigenvalue weighted by Crippen LogP contribution is -2.42. The van der Waals surface area contributed by atoms with Gasteiger partial charge in [0, 0.05) is 11.7 Å². The highest BCUT2D eigenvalue weighted by Crippen LogP contribution is 2.44. The molecule has 1 aliphatic heterocycles. The van der Waals surface area contributed by atoms with Gasteiger partial charge < -0.3 is 14.7 Å². The molecule has 1 aliphatic carbocycles. The predicted octanol–water partition coefficient (Wildman–Crippen LogP) is 4.79. The van der Waals surface area contributed by atoms with E-state index in [-0.39, 0.29) is 35.4 Å². The molecule has 0 spiro atoms. The molecule has 0 bridgehead atoms. The van der Waals surface area contributed by atoms with Gasteiger partial charge in [0.1, 0.15) is 18.5 Å². The number of rotatable bonds is 5. The molecule has 178 valence electrons. The number of carbonyl (C=O) groups excluding carboxylic acids is 2. The highest BCUT2D eigenvalue weighted by Gasteiger charge is 2.36. The molecular weight excluding hydrogens is 471 g/mol. The van der Waals surface area contributed by atoms with Gasteiger partial charge in [-0.2, -0.15) is 0 Å². The van der Waals surface area contributed by atoms with Crippen molar-refractivity contribution in [1.82, 2.24) is 4.90 Å². The number of aliphatic carboxylic acids is 1. The van der Waals surface area contributed by atoms with Gasteiger partial charge in [-0.15, -0.1) is 11.8 Å². The molecule has 3 aromatic carbocycles. The van der Waals surface area contributed by atoms with Crippen LogP contribution in [0.15, 0.2) is 66.7 Å². The quantitative estimate of drug-likeness (QED) is 0.532. The zero-order valence-corrected chi connectivity index (χ0v) is 19.3. The van der Waals surface area contributed by atoms with Gasteiger partial charge in [0.15, 0.2) is 0 Å². The summed E-state index contributed by atoms with van der Waals surface area (Å²) in [7, 11) is 0. The molecule has 2 amide bonds. The lowest BCUT2D eigenvalue weighted by atomic mass is 9.98. The molecule has 1 unspecified atom stereocenters. The van der Waals surface area contributed by atoms with Crippen LogP contribution in [0.5, 0.6) is 0 Å². The molecule has 1 saturated heterocycles. The van der Waals surface area contributed by atoms with Crippen LogP contribution in [-0.4, -0.2) is 52.3 Å². The van der Waals surface area contributed by atoms with Gasteiger partial charge >= 0.3 is 12.1 Å². The maximum absolute atomic E-state index is 14.0. The van der Waals surface area contributed by atoms with E-state index in [4.69, 9.17) is 4.74 Å². The first-order valence-electron chi connectivity index (χ1n) is 11.0. The maximum Gasteiger partial charge on any atom is 0.411 e. The van der Waals surface area contributed by atoms with Crippen molar-refractivity contribution in [2.24, 2.45) is 0 Å². The Hall–Kier alpha value is -3.85. The van der Waals surface area contributed by atoms with Crippen LogP contribution >= 0.6 is 11.8 Å². The molecular formula is C26H21FN2O5S. The highest BCUT2D eigenvalue weighted by molar-refractivity contribution is 7.99. The van der Waals surface area contributed by atoms with Crippen LogP contribution in [0.25, 0.3) is 11.1 Å². The van der Waals surface area contributed by atoms with E-state index < -0.39 is 29.8 Å². The number of nitrogens with one attached hydrogen (secondary N) is 1. The summed E-state index contributed by atoms with van der Waals surface area (Å²) in [4.78, 5) is 38.4. The summed E-state index contributed by atoms with van der Waals surface area (Å²) >= 11 is 1.30. The number of amides is 2. The number of benzene rings is 3. The number of hydrogen-bond acceptors (Lipinski definition) is 5. The van der Waals surface area contributed by atoms with Crippen LogP contribution in [0.1, 0.15) is 27.4 Å². The van der Waals surface area contributed by atoms with Crippen molar-refractivity contribution in [3.05, 3.63) is 89.2 Å². The Morgan fingerprint density at radius 1 is 1.03 bits per heavy atom. The highest BCUT2D eigenvalue weighted by atomic mass is 32.2. The third-order valence-corrected chi connectivity index (χ3v) is 7.23. The number of carboxylic acid groups (broad SMARTS) is 1. The van der Waals surface area contributed by atoms with Gasteiger partial charge in [0.2, 0.25) is 0 Å². The second kappa shape index (κ2) is 9.42. The Kier molecular flexibility index (Phi) is 6.17. The lowest BCUT2D eigenvalue weighted by molar-refractivity contribution is -0.140. The fourth-order valence-electron chi connectivity index (χ4n) is 4.55. The zero-order chi connectivity index (χ0) is 24.5. The first-order valence-corrected chi connectivity index (χ1v) is 12.1. The molecule has 3 aromatic rings. The normalized spacial score (nSPS) is 16.5. The van der Waals surface area contributed by atoms with Crippen LogP contribution in [0.3, 0.4) is 0 Å². The SMILES string of the molecule is O=C(Nc1ccc(F)cc1C(=O)N1CSCC1C(=O)O)OCC1c2ccccc2-c2ccccc21. The van der Waals surface area contributed by atoms with Crippen molar-refractivity contribution in [2.45, 2.75) is 12.0 Å². The predicted molar refractivity (Wildman–Crippen MR) is 130 cm³/mol. The molecule has 0 aromatic heterocycles. The van der Waals surface area contributed by atoms with E-state index >= 15 is 0 Å². The summed E-state index contributed by atoms with van der Waals surface area (Å²) in [5, 5.41) is 11.9. The summed E-state index contributed by atoms with van der Waals surface area (Å²) in [5.74, 6) is -2.21. The van der Waals surface area contributed by atoms with Gasteiger partial charge in [-0.1, -0.05) is 48.5 Å². The summed E-state index contributed by atoms with van der Waals surface area (Å²) in [6.45, 7) is 0.0776. The molecule has 9 heteroatoms.